The fourth-order valence-corrected chi connectivity index (χ4v) is 1.54. The first-order valence-electron chi connectivity index (χ1n) is 4.31. The predicted molar refractivity (Wildman–Crippen MR) is 58.8 cm³/mol. The second kappa shape index (κ2) is 5.67. The van der Waals surface area contributed by atoms with Crippen LogP contribution in [0.2, 0.25) is 10.0 Å². The fourth-order valence-electron chi connectivity index (χ4n) is 1.000. The largest absolute Gasteiger partial charge is 0.481 e. The highest BCUT2D eigenvalue weighted by Crippen LogP contribution is 2.22. The number of amides is 1. The topological polar surface area (TPSA) is 79.3 Å². The van der Waals surface area contributed by atoms with Crippen molar-refractivity contribution in [2.45, 2.75) is 6.42 Å². The lowest BCUT2D eigenvalue weighted by Gasteiger charge is -2.06. The zero-order valence-electron chi connectivity index (χ0n) is 8.04. The van der Waals surface area contributed by atoms with Gasteiger partial charge >= 0.3 is 5.97 Å². The number of halogens is 2. The third kappa shape index (κ3) is 3.36. The van der Waals surface area contributed by atoms with Gasteiger partial charge in [-0.3, -0.25) is 14.6 Å². The Balaban J connectivity index is 2.70. The van der Waals surface area contributed by atoms with Crippen LogP contribution in [0.15, 0.2) is 12.4 Å². The molecule has 0 aliphatic heterocycles. The van der Waals surface area contributed by atoms with Crippen molar-refractivity contribution in [1.29, 1.82) is 0 Å². The smallest absolute Gasteiger partial charge is 0.305 e. The Morgan fingerprint density at radius 1 is 1.31 bits per heavy atom. The summed E-state index contributed by atoms with van der Waals surface area (Å²) in [5.41, 5.74) is 0.101. The number of carbonyl (C=O) groups excluding carboxylic acids is 1. The molecule has 0 aromatic carbocycles. The van der Waals surface area contributed by atoms with Crippen molar-refractivity contribution in [3.63, 3.8) is 0 Å². The third-order valence-electron chi connectivity index (χ3n) is 1.70. The minimum Gasteiger partial charge on any atom is -0.481 e. The van der Waals surface area contributed by atoms with Gasteiger partial charge in [0.25, 0.3) is 5.91 Å². The first-order chi connectivity index (χ1) is 7.52. The number of hydrogen-bond donors (Lipinski definition) is 2. The van der Waals surface area contributed by atoms with Gasteiger partial charge in [0.15, 0.2) is 0 Å². The molecule has 86 valence electrons. The van der Waals surface area contributed by atoms with Crippen molar-refractivity contribution in [2.75, 3.05) is 6.54 Å². The maximum absolute atomic E-state index is 11.6. The quantitative estimate of drug-likeness (QED) is 0.864. The molecule has 1 aromatic rings. The van der Waals surface area contributed by atoms with Gasteiger partial charge in [0.2, 0.25) is 0 Å². The highest BCUT2D eigenvalue weighted by Gasteiger charge is 2.14. The fraction of sp³-hybridized carbons (Fsp3) is 0.222. The van der Waals surface area contributed by atoms with E-state index in [-0.39, 0.29) is 28.6 Å². The van der Waals surface area contributed by atoms with E-state index >= 15 is 0 Å². The molecule has 0 bridgehead atoms. The molecule has 0 atom stereocenters. The second-order valence-corrected chi connectivity index (χ2v) is 3.69. The second-order valence-electron chi connectivity index (χ2n) is 2.88. The van der Waals surface area contributed by atoms with Crippen LogP contribution in [0, 0.1) is 0 Å². The van der Waals surface area contributed by atoms with E-state index in [0.29, 0.717) is 0 Å². The van der Waals surface area contributed by atoms with Crippen LogP contribution in [-0.4, -0.2) is 28.5 Å². The van der Waals surface area contributed by atoms with Crippen molar-refractivity contribution < 1.29 is 14.7 Å². The van der Waals surface area contributed by atoms with E-state index in [9.17, 15) is 9.59 Å². The maximum atomic E-state index is 11.6. The normalized spacial score (nSPS) is 9.88. The Morgan fingerprint density at radius 2 is 1.88 bits per heavy atom. The summed E-state index contributed by atoms with van der Waals surface area (Å²) in [6.45, 7) is 0.0170. The van der Waals surface area contributed by atoms with Crippen molar-refractivity contribution >= 4 is 35.1 Å². The maximum Gasteiger partial charge on any atom is 0.305 e. The number of carboxylic acids is 1. The SMILES string of the molecule is O=C(O)CCNC(=O)c1c(Cl)cncc1Cl. The molecule has 16 heavy (non-hydrogen) atoms. The zero-order chi connectivity index (χ0) is 12.1. The van der Waals surface area contributed by atoms with Gasteiger partial charge < -0.3 is 10.4 Å². The van der Waals surface area contributed by atoms with Gasteiger partial charge in [-0.1, -0.05) is 23.2 Å². The van der Waals surface area contributed by atoms with Crippen LogP contribution < -0.4 is 5.32 Å². The van der Waals surface area contributed by atoms with Gasteiger partial charge in [-0.15, -0.1) is 0 Å². The molecular weight excluding hydrogens is 255 g/mol. The molecule has 0 spiro atoms. The predicted octanol–water partition coefficient (Wildman–Crippen LogP) is 1.59. The Hall–Kier alpha value is -1.33. The number of aliphatic carboxylic acids is 1. The summed E-state index contributed by atoms with van der Waals surface area (Å²) in [5, 5.41) is 11.0. The van der Waals surface area contributed by atoms with Crippen molar-refractivity contribution in [3.05, 3.63) is 28.0 Å². The van der Waals surface area contributed by atoms with Gasteiger partial charge in [0.05, 0.1) is 22.0 Å². The Morgan fingerprint density at radius 3 is 2.38 bits per heavy atom. The van der Waals surface area contributed by atoms with E-state index in [1.54, 1.807) is 0 Å². The number of nitrogens with one attached hydrogen (secondary N) is 1. The number of rotatable bonds is 4. The summed E-state index contributed by atoms with van der Waals surface area (Å²) in [4.78, 5) is 25.5. The average Bonchev–Trinajstić information content (AvgIpc) is 2.16. The molecule has 0 aliphatic rings. The van der Waals surface area contributed by atoms with Crippen LogP contribution in [0.1, 0.15) is 16.8 Å². The lowest BCUT2D eigenvalue weighted by Crippen LogP contribution is -2.26. The summed E-state index contributed by atoms with van der Waals surface area (Å²) in [5.74, 6) is -1.51. The van der Waals surface area contributed by atoms with E-state index in [1.807, 2.05) is 0 Å². The standard InChI is InChI=1S/C9H8Cl2N2O3/c10-5-3-12-4-6(11)8(5)9(16)13-2-1-7(14)15/h3-4H,1-2H2,(H,13,16)(H,14,15). The number of nitrogens with zero attached hydrogens (tertiary/aromatic N) is 1. The molecule has 0 radical (unpaired) electrons. The van der Waals surface area contributed by atoms with Crippen LogP contribution in [0.5, 0.6) is 0 Å². The molecule has 7 heteroatoms. The summed E-state index contributed by atoms with van der Waals surface area (Å²) in [7, 11) is 0. The summed E-state index contributed by atoms with van der Waals surface area (Å²) in [6, 6.07) is 0. The Kier molecular flexibility index (Phi) is 4.52. The van der Waals surface area contributed by atoms with Crippen LogP contribution in [0.3, 0.4) is 0 Å². The van der Waals surface area contributed by atoms with E-state index in [1.165, 1.54) is 12.4 Å². The van der Waals surface area contributed by atoms with E-state index in [2.05, 4.69) is 10.3 Å². The number of hydrogen-bond acceptors (Lipinski definition) is 3. The molecule has 0 unspecified atom stereocenters. The van der Waals surface area contributed by atoms with Crippen LogP contribution in [0.4, 0.5) is 0 Å². The molecule has 2 N–H and O–H groups in total. The van der Waals surface area contributed by atoms with Crippen molar-refractivity contribution in [2.24, 2.45) is 0 Å². The third-order valence-corrected chi connectivity index (χ3v) is 2.28. The summed E-state index contributed by atoms with van der Waals surface area (Å²) >= 11 is 11.5. The van der Waals surface area contributed by atoms with Crippen molar-refractivity contribution in [1.82, 2.24) is 10.3 Å². The minimum absolute atomic E-state index is 0.0170. The highest BCUT2D eigenvalue weighted by atomic mass is 35.5. The molecule has 0 saturated heterocycles. The minimum atomic E-state index is -0.993. The van der Waals surface area contributed by atoms with E-state index in [4.69, 9.17) is 28.3 Å². The van der Waals surface area contributed by atoms with Crippen molar-refractivity contribution in [3.8, 4) is 0 Å². The summed E-state index contributed by atoms with van der Waals surface area (Å²) in [6.07, 6.45) is 2.42. The number of carbonyl (C=O) groups is 2. The number of aromatic nitrogens is 1. The zero-order valence-corrected chi connectivity index (χ0v) is 9.55. The van der Waals surface area contributed by atoms with Gasteiger partial charge in [0, 0.05) is 18.9 Å². The van der Waals surface area contributed by atoms with Crippen LogP contribution in [-0.2, 0) is 4.79 Å². The highest BCUT2D eigenvalue weighted by molar-refractivity contribution is 6.39. The van der Waals surface area contributed by atoms with Gasteiger partial charge in [-0.2, -0.15) is 0 Å². The van der Waals surface area contributed by atoms with Gasteiger partial charge in [-0.25, -0.2) is 0 Å². The average molecular weight is 263 g/mol. The number of pyridine rings is 1. The first-order valence-corrected chi connectivity index (χ1v) is 5.07. The molecule has 1 rings (SSSR count). The molecule has 1 amide bonds. The molecule has 0 aliphatic carbocycles. The summed E-state index contributed by atoms with van der Waals surface area (Å²) < 4.78 is 0. The Bertz CT molecular complexity index is 403. The number of carboxylic acid groups (broad SMARTS) is 1. The monoisotopic (exact) mass is 262 g/mol. The first kappa shape index (κ1) is 12.7. The van der Waals surface area contributed by atoms with Gasteiger partial charge in [0.1, 0.15) is 0 Å². The molecule has 1 aromatic heterocycles. The van der Waals surface area contributed by atoms with Gasteiger partial charge in [-0.05, 0) is 0 Å². The van der Waals surface area contributed by atoms with E-state index < -0.39 is 11.9 Å². The lowest BCUT2D eigenvalue weighted by molar-refractivity contribution is -0.136. The van der Waals surface area contributed by atoms with Crippen LogP contribution >= 0.6 is 23.2 Å². The molecule has 1 heterocycles. The molecule has 5 nitrogen and oxygen atoms in total. The lowest BCUT2D eigenvalue weighted by atomic mass is 10.2. The molecular formula is C9H8Cl2N2O3. The van der Waals surface area contributed by atoms with Crippen LogP contribution in [0.25, 0.3) is 0 Å². The Labute approximate surface area is 101 Å². The van der Waals surface area contributed by atoms with E-state index in [0.717, 1.165) is 0 Å². The molecule has 0 fully saturated rings. The molecule has 0 saturated carbocycles.